The van der Waals surface area contributed by atoms with Crippen molar-refractivity contribution in [2.24, 2.45) is 21.7 Å². The smallest absolute Gasteiger partial charge is 0.351 e. The Balaban J connectivity index is 0.000000211. The minimum absolute atomic E-state index is 0.0473. The molecule has 0 aliphatic carbocycles. The van der Waals surface area contributed by atoms with Gasteiger partial charge in [-0.2, -0.15) is 9.97 Å². The molecular formula is C71H117N15O24P4-4. The van der Waals surface area contributed by atoms with Gasteiger partial charge in [0.05, 0.1) is 83.9 Å². The number of aryl methyl sites for hydroxylation is 1. The second kappa shape index (κ2) is 35.6. The number of ether oxygens (including phenoxy) is 4. The van der Waals surface area contributed by atoms with Crippen LogP contribution in [0.1, 0.15) is 248 Å². The molecule has 0 radical (unpaired) electrons. The molecular weight excluding hydrogens is 1570 g/mol. The average Bonchev–Trinajstić information content (AvgIpc) is 1.63. The highest BCUT2D eigenvalue weighted by Crippen LogP contribution is 2.54. The molecule has 4 fully saturated rings. The zero-order valence-electron chi connectivity index (χ0n) is 69.8. The van der Waals surface area contributed by atoms with E-state index in [1.54, 1.807) is 105 Å². The number of aromatic amines is 2. The zero-order chi connectivity index (χ0) is 86.2. The Labute approximate surface area is 663 Å². The third-order valence-electron chi connectivity index (χ3n) is 16.7. The molecule has 8 N–H and O–H groups in total. The van der Waals surface area contributed by atoms with E-state index in [9.17, 15) is 57.0 Å². The highest BCUT2D eigenvalue weighted by molar-refractivity contribution is 7.46. The van der Waals surface area contributed by atoms with Gasteiger partial charge in [0.25, 0.3) is 42.4 Å². The number of aromatic nitrogens is 12. The van der Waals surface area contributed by atoms with E-state index >= 15 is 0 Å². The van der Waals surface area contributed by atoms with Crippen molar-refractivity contribution in [1.82, 2.24) is 58.1 Å². The fourth-order valence-corrected chi connectivity index (χ4v) is 17.9. The predicted molar refractivity (Wildman–Crippen MR) is 415 cm³/mol. The number of rotatable bonds is 20. The van der Waals surface area contributed by atoms with E-state index in [-0.39, 0.29) is 69.7 Å². The van der Waals surface area contributed by atoms with Gasteiger partial charge in [-0.25, -0.2) is 29.5 Å². The lowest BCUT2D eigenvalue weighted by molar-refractivity contribution is -0.241. The van der Waals surface area contributed by atoms with Crippen molar-refractivity contribution >= 4 is 71.2 Å². The van der Waals surface area contributed by atoms with E-state index in [0.29, 0.717) is 48.8 Å². The Morgan fingerprint density at radius 3 is 1.12 bits per heavy atom. The van der Waals surface area contributed by atoms with Crippen molar-refractivity contribution in [2.45, 2.75) is 321 Å². The van der Waals surface area contributed by atoms with Gasteiger partial charge in [-0.1, -0.05) is 83.1 Å². The van der Waals surface area contributed by atoms with Gasteiger partial charge in [-0.3, -0.25) is 56.1 Å². The molecule has 10 rings (SSSR count). The first-order valence-electron chi connectivity index (χ1n) is 37.3. The molecule has 0 spiro atoms. The van der Waals surface area contributed by atoms with Gasteiger partial charge in [0.15, 0.2) is 22.6 Å². The molecule has 16 atom stereocenters. The summed E-state index contributed by atoms with van der Waals surface area (Å²) in [6.07, 6.45) is 2.60. The van der Waals surface area contributed by atoms with Crippen molar-refractivity contribution in [3.8, 4) is 0 Å². The number of phosphoric acid groups is 4. The average molecular weight is 1690 g/mol. The lowest BCUT2D eigenvalue weighted by atomic mass is 9.87. The number of anilines is 3. The standard InChI is InChI=1S/C18H30N5O6P.C18H30N5O5P.C18H31N2O7P.C17H30N3O6P/c1-17(2,3)8-11-10(28-30(25,26)29-18(4,5)6)7-12(27-11)23-9-20-13-14(23)21-16(19)22-15(13)24;1-17(2,3)8-12-11(27-29(24,25)28-18(4,5)6)7-13(26-12)23-10-22-14-15(19)20-9-21-16(14)23;1-11-10-20(16(22)19-15(11)21)14-8-12(13(25-14)9-17(2,3)4)26-28(23,24)27-18(5,6)7;1-16(2,3)10-12-11(25-27(22,23)26-17(4,5)6)9-14(24-12)20-8-7-13(18)19-15(20)21/h9-12H,7-8H2,1-6H3,(H,25,26)(H3,19,21,22,24);9-13H,7-8H2,1-6H3,(H,24,25)(H2,19,20,21);10,12-14H,8-9H2,1-7H3,(H,23,24)(H,19,21,22);7-8,11-12,14H,9-10H2,1-6H3,(H,22,23)(H2,18,19,21)/p-4. The molecule has 644 valence electrons. The second-order valence-electron chi connectivity index (χ2n) is 37.6. The lowest BCUT2D eigenvalue weighted by Crippen LogP contribution is -2.33. The summed E-state index contributed by atoms with van der Waals surface area (Å²) in [5.41, 5.74) is 12.5. The van der Waals surface area contributed by atoms with Crippen LogP contribution in [0, 0.1) is 28.6 Å². The highest BCUT2D eigenvalue weighted by Gasteiger charge is 2.47. The molecule has 16 unspecified atom stereocenters. The first kappa shape index (κ1) is 95.3. The van der Waals surface area contributed by atoms with Crippen LogP contribution < -0.4 is 59.3 Å². The summed E-state index contributed by atoms with van der Waals surface area (Å²) in [6, 6.07) is 1.49. The fraction of sp³-hybridized carbons (Fsp3) is 0.746. The molecule has 4 aliphatic rings. The molecule has 0 bridgehead atoms. The number of H-pyrrole nitrogens is 2. The van der Waals surface area contributed by atoms with E-state index in [2.05, 4.69) is 60.6 Å². The summed E-state index contributed by atoms with van der Waals surface area (Å²) in [7, 11) is -18.2. The number of phosphoric ester groups is 4. The van der Waals surface area contributed by atoms with E-state index in [1.807, 2.05) is 62.3 Å². The molecule has 10 heterocycles. The maximum Gasteiger partial charge on any atom is 0.351 e. The number of nitrogens with one attached hydrogen (secondary N) is 2. The second-order valence-corrected chi connectivity index (χ2v) is 42.7. The predicted octanol–water partition coefficient (Wildman–Crippen LogP) is 9.35. The van der Waals surface area contributed by atoms with Crippen LogP contribution in [0.3, 0.4) is 0 Å². The molecule has 4 saturated heterocycles. The number of fused-ring (bicyclic) bond motifs is 2. The summed E-state index contributed by atoms with van der Waals surface area (Å²) in [6.45, 7) is 45.5. The third-order valence-corrected chi connectivity index (χ3v) is 21.9. The molecule has 43 heteroatoms. The molecule has 6 aromatic rings. The number of nitrogen functional groups attached to an aromatic ring is 3. The summed E-state index contributed by atoms with van der Waals surface area (Å²) in [5.74, 6) is 0.332. The topological polar surface area (TPSA) is 546 Å². The largest absolute Gasteiger partial charge is 0.756 e. The summed E-state index contributed by atoms with van der Waals surface area (Å²) in [4.78, 5) is 126. The van der Waals surface area contributed by atoms with E-state index in [0.717, 1.165) is 0 Å². The number of nitrogens with two attached hydrogens (primary N) is 3. The van der Waals surface area contributed by atoms with Crippen LogP contribution in [0.4, 0.5) is 17.6 Å². The summed E-state index contributed by atoms with van der Waals surface area (Å²) >= 11 is 0. The first-order chi connectivity index (χ1) is 51.6. The molecule has 0 aromatic carbocycles. The molecule has 0 amide bonds. The molecule has 114 heavy (non-hydrogen) atoms. The maximum atomic E-state index is 12.4. The Bertz CT molecular complexity index is 4740. The summed E-state index contributed by atoms with van der Waals surface area (Å²) < 4.78 is 122. The highest BCUT2D eigenvalue weighted by atomic mass is 31.2. The minimum atomic E-state index is -4.59. The Hall–Kier alpha value is -5.86. The van der Waals surface area contributed by atoms with Crippen LogP contribution in [0.15, 0.2) is 56.6 Å². The summed E-state index contributed by atoms with van der Waals surface area (Å²) in [5, 5.41) is 0. The van der Waals surface area contributed by atoms with Crippen molar-refractivity contribution in [2.75, 3.05) is 17.2 Å². The normalized spacial score (nSPS) is 25.5. The van der Waals surface area contributed by atoms with Crippen LogP contribution in [0.25, 0.3) is 22.3 Å². The zero-order valence-corrected chi connectivity index (χ0v) is 73.4. The number of imidazole rings is 2. The molecule has 4 aliphatic heterocycles. The Kier molecular flexibility index (Phi) is 29.8. The van der Waals surface area contributed by atoms with Gasteiger partial charge in [0.2, 0.25) is 5.95 Å². The number of nitrogens with zero attached hydrogens (tertiary/aromatic N) is 10. The molecule has 39 nitrogen and oxygen atoms in total. The Morgan fingerprint density at radius 2 is 0.781 bits per heavy atom. The first-order valence-corrected chi connectivity index (χ1v) is 43.2. The van der Waals surface area contributed by atoms with Gasteiger partial charge in [-0.05, 0) is 143 Å². The van der Waals surface area contributed by atoms with Crippen LogP contribution in [-0.4, -0.2) is 129 Å². The van der Waals surface area contributed by atoms with Crippen molar-refractivity contribution in [3.63, 3.8) is 0 Å². The Morgan fingerprint density at radius 1 is 0.447 bits per heavy atom. The van der Waals surface area contributed by atoms with Crippen molar-refractivity contribution in [1.29, 1.82) is 0 Å². The van der Waals surface area contributed by atoms with Crippen LogP contribution in [0.5, 0.6) is 0 Å². The van der Waals surface area contributed by atoms with Crippen LogP contribution in [-0.2, 0) is 73.4 Å². The van der Waals surface area contributed by atoms with E-state index in [4.69, 9.17) is 72.3 Å². The van der Waals surface area contributed by atoms with Crippen LogP contribution >= 0.6 is 31.3 Å². The third kappa shape index (κ3) is 29.6. The van der Waals surface area contributed by atoms with E-state index < -0.39 is 150 Å². The van der Waals surface area contributed by atoms with Crippen molar-refractivity contribution < 1.29 is 93.0 Å². The van der Waals surface area contributed by atoms with Crippen LogP contribution in [0.2, 0.25) is 0 Å². The maximum absolute atomic E-state index is 12.4. The van der Waals surface area contributed by atoms with Crippen molar-refractivity contribution in [3.05, 3.63) is 84.7 Å². The van der Waals surface area contributed by atoms with Gasteiger partial charge in [-0.15, -0.1) is 0 Å². The van der Waals surface area contributed by atoms with Gasteiger partial charge in [0, 0.05) is 43.6 Å². The number of hydrogen-bond donors (Lipinski definition) is 5. The minimum Gasteiger partial charge on any atom is -0.756 e. The van der Waals surface area contributed by atoms with E-state index in [1.165, 1.54) is 40.2 Å². The lowest BCUT2D eigenvalue weighted by Gasteiger charge is -2.34. The van der Waals surface area contributed by atoms with Gasteiger partial charge in [0.1, 0.15) is 42.6 Å². The van der Waals surface area contributed by atoms with Gasteiger partial charge < -0.3 is 91.9 Å². The quantitative estimate of drug-likeness (QED) is 0.0444. The van der Waals surface area contributed by atoms with Gasteiger partial charge >= 0.3 is 11.4 Å². The molecule has 0 saturated carbocycles. The molecule has 6 aromatic heterocycles. The monoisotopic (exact) mass is 1690 g/mol. The number of hydrogen-bond acceptors (Lipinski definition) is 33. The fourth-order valence-electron chi connectivity index (χ4n) is 12.8. The SMILES string of the molecule is CC(C)(C)CC1OC(n2ccc(N)nc2=O)CC1OP(=O)([O-])OC(C)(C)C.CC(C)(C)CC1OC(n2cnc3c(=O)[nH]c(N)nc32)CC1OP(=O)([O-])OC(C)(C)C.CC(C)(C)CC1OC(n2cnc3c(N)ncnc32)CC1OP(=O)([O-])OC(C)(C)C.Cc1cn(C2CC(OP(=O)([O-])OC(C)(C)C)C(CC(C)(C)C)O2)c(=O)[nH]c1=O.